The Labute approximate surface area is 229 Å². The summed E-state index contributed by atoms with van der Waals surface area (Å²) >= 11 is 6.86. The maximum absolute atomic E-state index is 13.3. The van der Waals surface area contributed by atoms with Crippen LogP contribution in [0.25, 0.3) is 6.08 Å². The van der Waals surface area contributed by atoms with E-state index in [1.54, 1.807) is 48.5 Å². The summed E-state index contributed by atoms with van der Waals surface area (Å²) in [5.41, 5.74) is 2.61. The number of amides is 4. The third-order valence-electron chi connectivity index (χ3n) is 5.61. The van der Waals surface area contributed by atoms with E-state index in [-0.39, 0.29) is 12.2 Å². The maximum atomic E-state index is 13.3. The molecule has 1 fully saturated rings. The second-order valence-corrected chi connectivity index (χ2v) is 9.68. The molecule has 1 aliphatic heterocycles. The molecule has 1 N–H and O–H groups in total. The number of rotatable bonds is 6. The van der Waals surface area contributed by atoms with Crippen molar-refractivity contribution in [3.05, 3.63) is 91.4 Å². The van der Waals surface area contributed by atoms with Gasteiger partial charge in [-0.1, -0.05) is 50.1 Å². The molecule has 3 aromatic carbocycles. The van der Waals surface area contributed by atoms with E-state index >= 15 is 0 Å². The molecule has 1 aliphatic rings. The molecule has 0 saturated carbocycles. The van der Waals surface area contributed by atoms with E-state index in [9.17, 15) is 19.6 Å². The van der Waals surface area contributed by atoms with Crippen molar-refractivity contribution in [1.82, 2.24) is 5.32 Å². The number of urea groups is 1. The average molecular weight is 625 g/mol. The predicted molar refractivity (Wildman–Crippen MR) is 144 cm³/mol. The highest BCUT2D eigenvalue weighted by atomic mass is 79.9. The number of anilines is 1. The Balaban J connectivity index is 1.66. The number of nitrogens with one attached hydrogen (secondary N) is 1. The summed E-state index contributed by atoms with van der Waals surface area (Å²) in [5.74, 6) is -0.815. The van der Waals surface area contributed by atoms with E-state index < -0.39 is 17.8 Å². The van der Waals surface area contributed by atoms with E-state index in [2.05, 4.69) is 43.2 Å². The van der Waals surface area contributed by atoms with Crippen molar-refractivity contribution in [3.8, 4) is 17.6 Å². The summed E-state index contributed by atoms with van der Waals surface area (Å²) in [4.78, 5) is 39.3. The van der Waals surface area contributed by atoms with E-state index in [1.165, 1.54) is 13.2 Å². The zero-order valence-electron chi connectivity index (χ0n) is 19.7. The van der Waals surface area contributed by atoms with Gasteiger partial charge < -0.3 is 9.47 Å². The zero-order chi connectivity index (χ0) is 26.7. The summed E-state index contributed by atoms with van der Waals surface area (Å²) in [5, 5.41) is 11.5. The minimum atomic E-state index is -0.827. The summed E-state index contributed by atoms with van der Waals surface area (Å²) in [7, 11) is 1.46. The molecule has 3 aromatic rings. The number of halogens is 2. The van der Waals surface area contributed by atoms with Crippen molar-refractivity contribution < 1.29 is 23.9 Å². The molecule has 37 heavy (non-hydrogen) atoms. The molecule has 1 heterocycles. The second kappa shape index (κ2) is 11.0. The fourth-order valence-electron chi connectivity index (χ4n) is 3.66. The lowest BCUT2D eigenvalue weighted by atomic mass is 10.1. The average Bonchev–Trinajstić information content (AvgIpc) is 2.88. The molecule has 0 unspecified atom stereocenters. The molecular weight excluding hydrogens is 606 g/mol. The molecule has 0 aromatic heterocycles. The highest BCUT2D eigenvalue weighted by Gasteiger charge is 2.37. The van der Waals surface area contributed by atoms with Crippen molar-refractivity contribution >= 4 is 61.5 Å². The molecule has 0 atom stereocenters. The van der Waals surface area contributed by atoms with Crippen molar-refractivity contribution in [2.75, 3.05) is 12.0 Å². The Morgan fingerprint density at radius 3 is 2.49 bits per heavy atom. The molecule has 8 nitrogen and oxygen atoms in total. The van der Waals surface area contributed by atoms with Gasteiger partial charge in [-0.3, -0.25) is 14.9 Å². The van der Waals surface area contributed by atoms with Gasteiger partial charge in [0.2, 0.25) is 0 Å². The number of aryl methyl sites for hydroxylation is 1. The number of imide groups is 2. The number of hydrogen-bond acceptors (Lipinski definition) is 6. The van der Waals surface area contributed by atoms with Crippen LogP contribution in [0.1, 0.15) is 22.3 Å². The maximum Gasteiger partial charge on any atom is 0.335 e. The third kappa shape index (κ3) is 5.43. The van der Waals surface area contributed by atoms with Gasteiger partial charge in [-0.25, -0.2) is 9.69 Å². The van der Waals surface area contributed by atoms with Crippen LogP contribution in [0.15, 0.2) is 69.1 Å². The van der Waals surface area contributed by atoms with Crippen LogP contribution < -0.4 is 19.7 Å². The van der Waals surface area contributed by atoms with Gasteiger partial charge >= 0.3 is 6.03 Å². The molecular formula is C27H19Br2N3O5. The van der Waals surface area contributed by atoms with Crippen molar-refractivity contribution in [2.24, 2.45) is 0 Å². The predicted octanol–water partition coefficient (Wildman–Crippen LogP) is 5.65. The first kappa shape index (κ1) is 26.1. The monoisotopic (exact) mass is 623 g/mol. The molecule has 10 heteroatoms. The number of carbonyl (C=O) groups excluding carboxylic acids is 3. The minimum absolute atomic E-state index is 0.136. The van der Waals surface area contributed by atoms with Gasteiger partial charge in [0.25, 0.3) is 11.8 Å². The van der Waals surface area contributed by atoms with Gasteiger partial charge in [0.15, 0.2) is 11.5 Å². The van der Waals surface area contributed by atoms with Crippen LogP contribution in [-0.2, 0) is 16.2 Å². The Bertz CT molecular complexity index is 1510. The van der Waals surface area contributed by atoms with Crippen molar-refractivity contribution in [2.45, 2.75) is 13.5 Å². The van der Waals surface area contributed by atoms with Crippen LogP contribution in [-0.4, -0.2) is 25.0 Å². The first-order chi connectivity index (χ1) is 17.7. The van der Waals surface area contributed by atoms with Crippen LogP contribution in [0.2, 0.25) is 0 Å². The minimum Gasteiger partial charge on any atom is -0.493 e. The van der Waals surface area contributed by atoms with Crippen LogP contribution in [0, 0.1) is 18.3 Å². The topological polar surface area (TPSA) is 109 Å². The largest absolute Gasteiger partial charge is 0.493 e. The number of nitrogens with zero attached hydrogens (tertiary/aromatic N) is 2. The number of methoxy groups -OCH3 is 1. The summed E-state index contributed by atoms with van der Waals surface area (Å²) < 4.78 is 12.7. The molecule has 186 valence electrons. The third-order valence-corrected chi connectivity index (χ3v) is 7.18. The van der Waals surface area contributed by atoms with Crippen molar-refractivity contribution in [3.63, 3.8) is 0 Å². The fraction of sp³-hybridized carbons (Fsp3) is 0.111. The Morgan fingerprint density at radius 1 is 1.03 bits per heavy atom. The molecule has 0 aliphatic carbocycles. The van der Waals surface area contributed by atoms with E-state index in [0.29, 0.717) is 38.3 Å². The number of ether oxygens (including phenoxy) is 2. The number of benzene rings is 3. The summed E-state index contributed by atoms with van der Waals surface area (Å²) in [6.07, 6.45) is 1.38. The van der Waals surface area contributed by atoms with E-state index in [0.717, 1.165) is 14.9 Å². The van der Waals surface area contributed by atoms with Gasteiger partial charge in [-0.05, 0) is 60.5 Å². The van der Waals surface area contributed by atoms with Gasteiger partial charge in [0, 0.05) is 14.5 Å². The van der Waals surface area contributed by atoms with Crippen LogP contribution in [0.4, 0.5) is 10.5 Å². The van der Waals surface area contributed by atoms with Gasteiger partial charge in [0.1, 0.15) is 12.2 Å². The summed E-state index contributed by atoms with van der Waals surface area (Å²) in [6, 6.07) is 16.7. The van der Waals surface area contributed by atoms with Crippen LogP contribution >= 0.6 is 31.9 Å². The molecule has 1 saturated heterocycles. The van der Waals surface area contributed by atoms with Crippen LogP contribution in [0.3, 0.4) is 0 Å². The standard InChI is InChI=1S/C27H19Br2N3O5/c1-15-9-19(7-8-21(15)28)32-26(34)20(25(33)31-27(32)35)10-18-11-23(36-2)24(12-22(18)29)37-14-17-6-4-3-5-16(17)13-30/h3-12H,14H2,1-2H3,(H,31,33,35)/b20-10+. The lowest BCUT2D eigenvalue weighted by Crippen LogP contribution is -2.54. The molecule has 4 amide bonds. The normalized spacial score (nSPS) is 14.4. The highest BCUT2D eigenvalue weighted by molar-refractivity contribution is 9.10. The zero-order valence-corrected chi connectivity index (χ0v) is 22.8. The number of carbonyl (C=O) groups is 3. The first-order valence-electron chi connectivity index (χ1n) is 10.9. The SMILES string of the molecule is COc1cc(/C=C2\C(=O)NC(=O)N(c3ccc(Br)c(C)c3)C2=O)c(Br)cc1OCc1ccccc1C#N. The molecule has 4 rings (SSSR count). The van der Waals surface area contributed by atoms with E-state index in [4.69, 9.17) is 9.47 Å². The van der Waals surface area contributed by atoms with Gasteiger partial charge in [-0.2, -0.15) is 5.26 Å². The van der Waals surface area contributed by atoms with Crippen LogP contribution in [0.5, 0.6) is 11.5 Å². The smallest absolute Gasteiger partial charge is 0.335 e. The summed E-state index contributed by atoms with van der Waals surface area (Å²) in [6.45, 7) is 1.96. The van der Waals surface area contributed by atoms with Gasteiger partial charge in [-0.15, -0.1) is 0 Å². The quantitative estimate of drug-likeness (QED) is 0.281. The van der Waals surface area contributed by atoms with E-state index in [1.807, 2.05) is 13.0 Å². The number of nitriles is 1. The molecule has 0 radical (unpaired) electrons. The fourth-order valence-corrected chi connectivity index (χ4v) is 4.34. The molecule has 0 bridgehead atoms. The van der Waals surface area contributed by atoms with Crippen molar-refractivity contribution in [1.29, 1.82) is 5.26 Å². The highest BCUT2D eigenvalue weighted by Crippen LogP contribution is 2.36. The Morgan fingerprint density at radius 2 is 1.78 bits per heavy atom. The Kier molecular flexibility index (Phi) is 7.76. The molecule has 0 spiro atoms. The lowest BCUT2D eigenvalue weighted by molar-refractivity contribution is -0.122. The van der Waals surface area contributed by atoms with Gasteiger partial charge in [0.05, 0.1) is 24.4 Å². The number of hydrogen-bond donors (Lipinski definition) is 1. The lowest BCUT2D eigenvalue weighted by Gasteiger charge is -2.27. The Hall–Kier alpha value is -3.94. The second-order valence-electron chi connectivity index (χ2n) is 7.97. The number of barbiturate groups is 1. The first-order valence-corrected chi connectivity index (χ1v) is 12.5.